The first-order valence-corrected chi connectivity index (χ1v) is 6.67. The maximum absolute atomic E-state index is 5.84. The van der Waals surface area contributed by atoms with Crippen molar-refractivity contribution in [3.63, 3.8) is 0 Å². The van der Waals surface area contributed by atoms with Gasteiger partial charge >= 0.3 is 0 Å². The molecule has 1 aromatic rings. The van der Waals surface area contributed by atoms with Crippen molar-refractivity contribution in [2.24, 2.45) is 0 Å². The third kappa shape index (κ3) is 3.53. The molecule has 4 heteroatoms. The number of nitrogens with two attached hydrogens (primary N) is 1. The van der Waals surface area contributed by atoms with Gasteiger partial charge in [-0.25, -0.2) is 0 Å². The van der Waals surface area contributed by atoms with E-state index in [4.69, 9.17) is 10.5 Å². The van der Waals surface area contributed by atoms with Gasteiger partial charge in [0, 0.05) is 30.9 Å². The van der Waals surface area contributed by atoms with Gasteiger partial charge in [-0.1, -0.05) is 0 Å². The number of likely N-dealkylation sites (N-methyl/N-ethyl adjacent to an activating group) is 1. The van der Waals surface area contributed by atoms with Crippen molar-refractivity contribution < 1.29 is 4.74 Å². The number of nitrogens with zero attached hydrogens (tertiary/aromatic N) is 1. The second kappa shape index (κ2) is 5.96. The summed E-state index contributed by atoms with van der Waals surface area (Å²) >= 11 is 0. The van der Waals surface area contributed by atoms with Gasteiger partial charge in [-0.2, -0.15) is 0 Å². The van der Waals surface area contributed by atoms with E-state index in [2.05, 4.69) is 17.3 Å². The van der Waals surface area contributed by atoms with Crippen LogP contribution >= 0.6 is 0 Å². The van der Waals surface area contributed by atoms with Gasteiger partial charge in [-0.15, -0.1) is 0 Å². The molecule has 0 spiro atoms. The highest BCUT2D eigenvalue weighted by molar-refractivity contribution is 5.61. The Morgan fingerprint density at radius 3 is 2.89 bits per heavy atom. The van der Waals surface area contributed by atoms with Gasteiger partial charge in [0.25, 0.3) is 0 Å². The fraction of sp³-hybridized carbons (Fsp3) is 0.571. The Bertz CT molecular complexity index is 391. The molecule has 1 fully saturated rings. The van der Waals surface area contributed by atoms with Gasteiger partial charge in [-0.05, 0) is 38.9 Å². The van der Waals surface area contributed by atoms with E-state index in [-0.39, 0.29) is 0 Å². The Hall–Kier alpha value is -1.42. The van der Waals surface area contributed by atoms with Crippen molar-refractivity contribution in [1.29, 1.82) is 0 Å². The maximum Gasteiger partial charge on any atom is 0.144 e. The maximum atomic E-state index is 5.84. The number of anilines is 2. The molecule has 0 atom stereocenters. The monoisotopic (exact) mass is 249 g/mol. The summed E-state index contributed by atoms with van der Waals surface area (Å²) in [6, 6.07) is 6.67. The summed E-state index contributed by atoms with van der Waals surface area (Å²) in [7, 11) is 2.19. The molecule has 0 aliphatic heterocycles. The zero-order chi connectivity index (χ0) is 13.0. The van der Waals surface area contributed by atoms with Crippen LogP contribution in [0.2, 0.25) is 0 Å². The lowest BCUT2D eigenvalue weighted by atomic mass is 10.2. The third-order valence-electron chi connectivity index (χ3n) is 3.28. The zero-order valence-corrected chi connectivity index (χ0v) is 11.3. The van der Waals surface area contributed by atoms with Gasteiger partial charge in [-0.3, -0.25) is 0 Å². The molecule has 18 heavy (non-hydrogen) atoms. The van der Waals surface area contributed by atoms with Crippen LogP contribution in [0.5, 0.6) is 5.75 Å². The fourth-order valence-corrected chi connectivity index (χ4v) is 2.00. The SMILES string of the molecule is CCOc1cc(NCCN(C)C2CC2)ccc1N. The van der Waals surface area contributed by atoms with E-state index in [1.807, 2.05) is 25.1 Å². The highest BCUT2D eigenvalue weighted by atomic mass is 16.5. The van der Waals surface area contributed by atoms with Gasteiger partial charge in [0.1, 0.15) is 5.75 Å². The van der Waals surface area contributed by atoms with Crippen LogP contribution in [-0.4, -0.2) is 37.7 Å². The lowest BCUT2D eigenvalue weighted by Crippen LogP contribution is -2.27. The van der Waals surface area contributed by atoms with E-state index in [1.165, 1.54) is 12.8 Å². The Morgan fingerprint density at radius 1 is 1.44 bits per heavy atom. The normalized spacial score (nSPS) is 14.8. The van der Waals surface area contributed by atoms with Crippen molar-refractivity contribution in [1.82, 2.24) is 4.90 Å². The van der Waals surface area contributed by atoms with Crippen LogP contribution in [-0.2, 0) is 0 Å². The Labute approximate surface area is 109 Å². The molecule has 0 radical (unpaired) electrons. The van der Waals surface area contributed by atoms with Crippen molar-refractivity contribution in [2.45, 2.75) is 25.8 Å². The zero-order valence-electron chi connectivity index (χ0n) is 11.3. The van der Waals surface area contributed by atoms with Gasteiger partial charge in [0.05, 0.1) is 12.3 Å². The van der Waals surface area contributed by atoms with Crippen LogP contribution in [0.4, 0.5) is 11.4 Å². The van der Waals surface area contributed by atoms with E-state index in [0.29, 0.717) is 12.3 Å². The predicted molar refractivity (Wildman–Crippen MR) is 76.2 cm³/mol. The molecule has 0 saturated heterocycles. The van der Waals surface area contributed by atoms with Crippen LogP contribution < -0.4 is 15.8 Å². The summed E-state index contributed by atoms with van der Waals surface area (Å²) in [5.74, 6) is 0.762. The third-order valence-corrected chi connectivity index (χ3v) is 3.28. The average molecular weight is 249 g/mol. The predicted octanol–water partition coefficient (Wildman–Crippen LogP) is 2.17. The van der Waals surface area contributed by atoms with E-state index in [1.54, 1.807) is 0 Å². The number of nitrogen functional groups attached to an aromatic ring is 1. The molecule has 1 saturated carbocycles. The number of benzene rings is 1. The first-order chi connectivity index (χ1) is 8.70. The number of rotatable bonds is 7. The Morgan fingerprint density at radius 2 is 2.22 bits per heavy atom. The van der Waals surface area contributed by atoms with E-state index in [0.717, 1.165) is 30.6 Å². The minimum absolute atomic E-state index is 0.637. The standard InChI is InChI=1S/C14H23N3O/c1-3-18-14-10-11(4-7-13(14)15)16-8-9-17(2)12-5-6-12/h4,7,10,12,16H,3,5-6,8-9,15H2,1-2H3. The van der Waals surface area contributed by atoms with Crippen molar-refractivity contribution in [3.8, 4) is 5.75 Å². The summed E-state index contributed by atoms with van der Waals surface area (Å²) in [5.41, 5.74) is 7.60. The fourth-order valence-electron chi connectivity index (χ4n) is 2.00. The van der Waals surface area contributed by atoms with Crippen LogP contribution in [0.1, 0.15) is 19.8 Å². The molecule has 1 aromatic carbocycles. The van der Waals surface area contributed by atoms with Crippen LogP contribution in [0.3, 0.4) is 0 Å². The highest BCUT2D eigenvalue weighted by Crippen LogP contribution is 2.26. The minimum Gasteiger partial charge on any atom is -0.492 e. The van der Waals surface area contributed by atoms with E-state index >= 15 is 0 Å². The molecule has 0 amide bonds. The number of ether oxygens (including phenoxy) is 1. The molecule has 100 valence electrons. The van der Waals surface area contributed by atoms with E-state index in [9.17, 15) is 0 Å². The minimum atomic E-state index is 0.637. The second-order valence-corrected chi connectivity index (χ2v) is 4.82. The summed E-state index contributed by atoms with van der Waals surface area (Å²) in [4.78, 5) is 2.41. The molecule has 1 aliphatic carbocycles. The lowest BCUT2D eigenvalue weighted by molar-refractivity contribution is 0.336. The molecular formula is C14H23N3O. The molecule has 2 rings (SSSR count). The molecule has 0 aromatic heterocycles. The van der Waals surface area contributed by atoms with Gasteiger partial charge < -0.3 is 20.7 Å². The van der Waals surface area contributed by atoms with Crippen molar-refractivity contribution in [2.75, 3.05) is 37.8 Å². The van der Waals surface area contributed by atoms with E-state index < -0.39 is 0 Å². The van der Waals surface area contributed by atoms with Crippen LogP contribution in [0, 0.1) is 0 Å². The van der Waals surface area contributed by atoms with Gasteiger partial charge in [0.2, 0.25) is 0 Å². The van der Waals surface area contributed by atoms with Crippen LogP contribution in [0.25, 0.3) is 0 Å². The first-order valence-electron chi connectivity index (χ1n) is 6.67. The summed E-state index contributed by atoms with van der Waals surface area (Å²) in [6.45, 7) is 4.61. The van der Waals surface area contributed by atoms with Crippen molar-refractivity contribution >= 4 is 11.4 Å². The number of hydrogen-bond donors (Lipinski definition) is 2. The number of nitrogens with one attached hydrogen (secondary N) is 1. The quantitative estimate of drug-likeness (QED) is 0.727. The number of hydrogen-bond acceptors (Lipinski definition) is 4. The van der Waals surface area contributed by atoms with Crippen LogP contribution in [0.15, 0.2) is 18.2 Å². The largest absolute Gasteiger partial charge is 0.492 e. The average Bonchev–Trinajstić information content (AvgIpc) is 3.17. The Kier molecular flexibility index (Phi) is 4.31. The summed E-state index contributed by atoms with van der Waals surface area (Å²) < 4.78 is 5.48. The molecule has 4 nitrogen and oxygen atoms in total. The van der Waals surface area contributed by atoms with Crippen molar-refractivity contribution in [3.05, 3.63) is 18.2 Å². The summed E-state index contributed by atoms with van der Waals surface area (Å²) in [6.07, 6.45) is 2.71. The molecule has 3 N–H and O–H groups in total. The second-order valence-electron chi connectivity index (χ2n) is 4.82. The molecular weight excluding hydrogens is 226 g/mol. The lowest BCUT2D eigenvalue weighted by Gasteiger charge is -2.17. The van der Waals surface area contributed by atoms with Gasteiger partial charge in [0.15, 0.2) is 0 Å². The first kappa shape index (κ1) is 13.0. The topological polar surface area (TPSA) is 50.5 Å². The summed E-state index contributed by atoms with van der Waals surface area (Å²) in [5, 5.41) is 3.41. The molecule has 1 aliphatic rings. The molecule has 0 heterocycles. The molecule has 0 unspecified atom stereocenters. The Balaban J connectivity index is 1.82. The highest BCUT2D eigenvalue weighted by Gasteiger charge is 2.25. The smallest absolute Gasteiger partial charge is 0.144 e. The molecule has 0 bridgehead atoms.